The number of carboxylic acid groups (broad SMARTS) is 1. The van der Waals surface area contributed by atoms with Gasteiger partial charge in [-0.1, -0.05) is 24.6 Å². The van der Waals surface area contributed by atoms with Crippen LogP contribution in [-0.2, 0) is 4.79 Å². The first-order chi connectivity index (χ1) is 11.0. The van der Waals surface area contributed by atoms with Crippen molar-refractivity contribution in [1.29, 1.82) is 0 Å². The summed E-state index contributed by atoms with van der Waals surface area (Å²) < 4.78 is 5.95. The van der Waals surface area contributed by atoms with Crippen molar-refractivity contribution in [3.63, 3.8) is 0 Å². The third-order valence-electron chi connectivity index (χ3n) is 5.64. The Morgan fingerprint density at radius 1 is 1.38 bits per heavy atom. The van der Waals surface area contributed by atoms with Crippen molar-refractivity contribution in [1.82, 2.24) is 4.90 Å². The Morgan fingerprint density at radius 2 is 2.08 bits per heavy atom. The molecule has 4 nitrogen and oxygen atoms in total. The number of hydrogen-bond acceptors (Lipinski definition) is 3. The monoisotopic (exact) mass is 353 g/mol. The van der Waals surface area contributed by atoms with Crippen LogP contribution in [-0.4, -0.2) is 42.2 Å². The molecular weight excluding hydrogens is 326 g/mol. The Balaban J connectivity index is 0.00000208. The van der Waals surface area contributed by atoms with Gasteiger partial charge in [0.2, 0.25) is 0 Å². The minimum absolute atomic E-state index is 0. The summed E-state index contributed by atoms with van der Waals surface area (Å²) in [5.41, 5.74) is 1.88. The number of aliphatic carboxylic acids is 1. The maximum Gasteiger partial charge on any atom is 0.311 e. The number of para-hydroxylation sites is 1. The summed E-state index contributed by atoms with van der Waals surface area (Å²) in [7, 11) is 0. The Kier molecular flexibility index (Phi) is 6.16. The third kappa shape index (κ3) is 3.55. The van der Waals surface area contributed by atoms with E-state index in [1.165, 1.54) is 11.1 Å². The number of carboxylic acids is 1. The van der Waals surface area contributed by atoms with Crippen LogP contribution in [0.4, 0.5) is 0 Å². The summed E-state index contributed by atoms with van der Waals surface area (Å²) in [6, 6.07) is 6.19. The van der Waals surface area contributed by atoms with Crippen molar-refractivity contribution in [3.05, 3.63) is 29.3 Å². The second kappa shape index (κ2) is 7.75. The minimum atomic E-state index is -0.589. The highest BCUT2D eigenvalue weighted by Gasteiger charge is 2.54. The lowest BCUT2D eigenvalue weighted by Crippen LogP contribution is -2.36. The van der Waals surface area contributed by atoms with Crippen LogP contribution in [0, 0.1) is 25.2 Å². The number of hydrogen-bond donors (Lipinski definition) is 1. The number of aryl methyl sites for hydroxylation is 2. The SMILES string of the molecule is Cc1cccc(C)c1OCCCN1C[C@@H]2CCC[C@@]2(C(=O)O)C1.Cl. The van der Waals surface area contributed by atoms with E-state index in [4.69, 9.17) is 4.74 Å². The summed E-state index contributed by atoms with van der Waals surface area (Å²) in [6.07, 6.45) is 3.93. The molecule has 1 aromatic rings. The Labute approximate surface area is 150 Å². The van der Waals surface area contributed by atoms with Crippen LogP contribution >= 0.6 is 12.4 Å². The molecule has 2 aliphatic rings. The zero-order valence-corrected chi connectivity index (χ0v) is 15.4. The largest absolute Gasteiger partial charge is 0.493 e. The van der Waals surface area contributed by atoms with E-state index in [0.717, 1.165) is 51.1 Å². The van der Waals surface area contributed by atoms with Gasteiger partial charge in [0.05, 0.1) is 12.0 Å². The number of fused-ring (bicyclic) bond motifs is 1. The molecule has 1 aliphatic heterocycles. The molecule has 1 N–H and O–H groups in total. The van der Waals surface area contributed by atoms with Gasteiger partial charge in [-0.05, 0) is 50.2 Å². The Bertz CT molecular complexity index is 572. The molecule has 3 rings (SSSR count). The molecule has 0 aromatic heterocycles. The van der Waals surface area contributed by atoms with Crippen LogP contribution in [0.2, 0.25) is 0 Å². The number of ether oxygens (including phenoxy) is 1. The van der Waals surface area contributed by atoms with Crippen molar-refractivity contribution < 1.29 is 14.6 Å². The van der Waals surface area contributed by atoms with Gasteiger partial charge in [-0.15, -0.1) is 12.4 Å². The van der Waals surface area contributed by atoms with Gasteiger partial charge in [-0.3, -0.25) is 4.79 Å². The highest BCUT2D eigenvalue weighted by Crippen LogP contribution is 2.48. The Hall–Kier alpha value is -1.26. The summed E-state index contributed by atoms with van der Waals surface area (Å²) in [5.74, 6) is 0.751. The van der Waals surface area contributed by atoms with Crippen molar-refractivity contribution >= 4 is 18.4 Å². The van der Waals surface area contributed by atoms with Crippen LogP contribution in [0.5, 0.6) is 5.75 Å². The summed E-state index contributed by atoms with van der Waals surface area (Å²) in [5, 5.41) is 9.62. The van der Waals surface area contributed by atoms with Crippen LogP contribution in [0.3, 0.4) is 0 Å². The average molecular weight is 354 g/mol. The van der Waals surface area contributed by atoms with Gasteiger partial charge in [0, 0.05) is 19.6 Å². The van der Waals surface area contributed by atoms with E-state index in [1.807, 2.05) is 6.07 Å². The fourth-order valence-electron chi connectivity index (χ4n) is 4.40. The molecule has 0 radical (unpaired) electrons. The standard InChI is InChI=1S/C19H27NO3.ClH/c1-14-6-3-7-15(2)17(14)23-11-5-10-20-12-16-8-4-9-19(16,13-20)18(21)22;/h3,6-7,16H,4-5,8-13H2,1-2H3,(H,21,22);1H/t16-,19+;/m0./s1. The molecule has 1 saturated heterocycles. The number of nitrogens with zero attached hydrogens (tertiary/aromatic N) is 1. The van der Waals surface area contributed by atoms with Crippen molar-refractivity contribution in [3.8, 4) is 5.75 Å². The highest BCUT2D eigenvalue weighted by atomic mass is 35.5. The molecule has 5 heteroatoms. The molecule has 1 aliphatic carbocycles. The van der Waals surface area contributed by atoms with E-state index < -0.39 is 11.4 Å². The van der Waals surface area contributed by atoms with E-state index in [-0.39, 0.29) is 12.4 Å². The van der Waals surface area contributed by atoms with E-state index in [9.17, 15) is 9.90 Å². The molecule has 134 valence electrons. The predicted octanol–water partition coefficient (Wildman–Crippen LogP) is 3.68. The zero-order valence-electron chi connectivity index (χ0n) is 14.6. The van der Waals surface area contributed by atoms with Crippen LogP contribution in [0.15, 0.2) is 18.2 Å². The normalized spacial score (nSPS) is 26.0. The van der Waals surface area contributed by atoms with Gasteiger partial charge in [0.25, 0.3) is 0 Å². The van der Waals surface area contributed by atoms with Crippen molar-refractivity contribution in [2.24, 2.45) is 11.3 Å². The van der Waals surface area contributed by atoms with Gasteiger partial charge in [0.1, 0.15) is 5.75 Å². The fraction of sp³-hybridized carbons (Fsp3) is 0.632. The maximum absolute atomic E-state index is 11.7. The molecular formula is C19H28ClNO3. The molecule has 1 heterocycles. The molecule has 1 aromatic carbocycles. The predicted molar refractivity (Wildman–Crippen MR) is 97.1 cm³/mol. The lowest BCUT2D eigenvalue weighted by atomic mass is 9.81. The van der Waals surface area contributed by atoms with Crippen LogP contribution in [0.1, 0.15) is 36.8 Å². The quantitative estimate of drug-likeness (QED) is 0.792. The summed E-state index contributed by atoms with van der Waals surface area (Å²) in [6.45, 7) is 7.41. The summed E-state index contributed by atoms with van der Waals surface area (Å²) >= 11 is 0. The van der Waals surface area contributed by atoms with Gasteiger partial charge < -0.3 is 14.7 Å². The lowest BCUT2D eigenvalue weighted by Gasteiger charge is -2.23. The number of halogens is 1. The van der Waals surface area contributed by atoms with E-state index >= 15 is 0 Å². The molecule has 0 amide bonds. The molecule has 0 bridgehead atoms. The molecule has 1 saturated carbocycles. The first-order valence-electron chi connectivity index (χ1n) is 8.68. The molecule has 2 fully saturated rings. The Morgan fingerprint density at radius 3 is 2.71 bits per heavy atom. The average Bonchev–Trinajstić information content (AvgIpc) is 3.03. The topological polar surface area (TPSA) is 49.8 Å². The first-order valence-corrected chi connectivity index (χ1v) is 8.68. The molecule has 0 spiro atoms. The first kappa shape index (κ1) is 19.1. The van der Waals surface area contributed by atoms with Crippen molar-refractivity contribution in [2.75, 3.05) is 26.2 Å². The van der Waals surface area contributed by atoms with Gasteiger partial charge in [0.15, 0.2) is 0 Å². The van der Waals surface area contributed by atoms with Gasteiger partial charge in [-0.2, -0.15) is 0 Å². The molecule has 2 atom stereocenters. The van der Waals surface area contributed by atoms with Gasteiger partial charge in [-0.25, -0.2) is 0 Å². The summed E-state index contributed by atoms with van der Waals surface area (Å²) in [4.78, 5) is 14.0. The molecule has 0 unspecified atom stereocenters. The number of benzene rings is 1. The number of carbonyl (C=O) groups is 1. The van der Waals surface area contributed by atoms with E-state index in [0.29, 0.717) is 12.5 Å². The van der Waals surface area contributed by atoms with E-state index in [2.05, 4.69) is 30.9 Å². The van der Waals surface area contributed by atoms with Crippen molar-refractivity contribution in [2.45, 2.75) is 39.5 Å². The number of likely N-dealkylation sites (tertiary alicyclic amines) is 1. The number of rotatable bonds is 6. The highest BCUT2D eigenvalue weighted by molar-refractivity contribution is 5.85. The second-order valence-corrected chi connectivity index (χ2v) is 7.21. The van der Waals surface area contributed by atoms with Gasteiger partial charge >= 0.3 is 5.97 Å². The van der Waals surface area contributed by atoms with Crippen LogP contribution in [0.25, 0.3) is 0 Å². The lowest BCUT2D eigenvalue weighted by molar-refractivity contribution is -0.149. The smallest absolute Gasteiger partial charge is 0.311 e. The van der Waals surface area contributed by atoms with E-state index in [1.54, 1.807) is 0 Å². The fourth-order valence-corrected chi connectivity index (χ4v) is 4.40. The van der Waals surface area contributed by atoms with Crippen LogP contribution < -0.4 is 4.74 Å². The molecule has 24 heavy (non-hydrogen) atoms. The second-order valence-electron chi connectivity index (χ2n) is 7.21. The third-order valence-corrected chi connectivity index (χ3v) is 5.64. The maximum atomic E-state index is 11.7. The minimum Gasteiger partial charge on any atom is -0.493 e. The zero-order chi connectivity index (χ0) is 16.4.